The van der Waals surface area contributed by atoms with Crippen LogP contribution in [0.25, 0.3) is 11.5 Å². The van der Waals surface area contributed by atoms with Crippen molar-refractivity contribution in [3.8, 4) is 17.2 Å². The molecule has 0 aliphatic carbocycles. The van der Waals surface area contributed by atoms with Gasteiger partial charge in [-0.25, -0.2) is 9.59 Å². The van der Waals surface area contributed by atoms with Gasteiger partial charge in [0.2, 0.25) is 5.89 Å². The molecule has 6 heteroatoms. The maximum atomic E-state index is 11.9. The Labute approximate surface area is 119 Å². The van der Waals surface area contributed by atoms with Crippen molar-refractivity contribution in [1.82, 2.24) is 9.78 Å². The number of hydrogen-bond acceptors (Lipinski definition) is 5. The van der Waals surface area contributed by atoms with E-state index in [9.17, 15) is 9.59 Å². The van der Waals surface area contributed by atoms with E-state index in [4.69, 9.17) is 9.15 Å². The van der Waals surface area contributed by atoms with Crippen molar-refractivity contribution < 1.29 is 13.9 Å². The molecule has 0 bridgehead atoms. The molecule has 0 saturated heterocycles. The number of hydrogen-bond donors (Lipinski definition) is 0. The Morgan fingerprint density at radius 1 is 1.00 bits per heavy atom. The average Bonchev–Trinajstić information content (AvgIpc) is 2.91. The van der Waals surface area contributed by atoms with E-state index < -0.39 is 11.8 Å². The fourth-order valence-corrected chi connectivity index (χ4v) is 1.72. The molecule has 3 aromatic rings. The summed E-state index contributed by atoms with van der Waals surface area (Å²) in [5.41, 5.74) is 0.598. The first-order chi connectivity index (χ1) is 10.2. The molecule has 0 aliphatic rings. The van der Waals surface area contributed by atoms with E-state index in [2.05, 4.69) is 5.10 Å². The second kappa shape index (κ2) is 5.46. The highest BCUT2D eigenvalue weighted by Gasteiger charge is 2.17. The second-order valence-corrected chi connectivity index (χ2v) is 4.13. The van der Waals surface area contributed by atoms with Crippen molar-refractivity contribution in [1.29, 1.82) is 0 Å². The SMILES string of the molecule is O=C(Oc1ccccc1)n1nc(-c2ccccc2)oc1=O. The molecule has 6 nitrogen and oxygen atoms in total. The number of nitrogens with zero attached hydrogens (tertiary/aromatic N) is 2. The molecule has 0 N–H and O–H groups in total. The van der Waals surface area contributed by atoms with E-state index in [1.807, 2.05) is 6.07 Å². The summed E-state index contributed by atoms with van der Waals surface area (Å²) in [4.78, 5) is 23.6. The Hall–Kier alpha value is -3.15. The van der Waals surface area contributed by atoms with Crippen LogP contribution in [0.2, 0.25) is 0 Å². The molecule has 1 heterocycles. The topological polar surface area (TPSA) is 74.3 Å². The highest BCUT2D eigenvalue weighted by Crippen LogP contribution is 2.14. The van der Waals surface area contributed by atoms with Gasteiger partial charge in [-0.2, -0.15) is 0 Å². The van der Waals surface area contributed by atoms with Crippen molar-refractivity contribution in [2.75, 3.05) is 0 Å². The summed E-state index contributed by atoms with van der Waals surface area (Å²) in [6, 6.07) is 17.2. The van der Waals surface area contributed by atoms with Gasteiger partial charge >= 0.3 is 11.8 Å². The molecule has 0 saturated carbocycles. The molecule has 3 rings (SSSR count). The monoisotopic (exact) mass is 282 g/mol. The van der Waals surface area contributed by atoms with Gasteiger partial charge in [-0.05, 0) is 24.3 Å². The Bertz CT molecular complexity index is 806. The van der Waals surface area contributed by atoms with Crippen LogP contribution in [0, 0.1) is 0 Å². The molecule has 0 fully saturated rings. The molecule has 0 aliphatic heterocycles. The normalized spacial score (nSPS) is 10.3. The van der Waals surface area contributed by atoms with Crippen molar-refractivity contribution in [3.05, 3.63) is 71.2 Å². The maximum Gasteiger partial charge on any atom is 0.447 e. The number of benzene rings is 2. The largest absolute Gasteiger partial charge is 0.447 e. The van der Waals surface area contributed by atoms with Crippen molar-refractivity contribution in [2.24, 2.45) is 0 Å². The zero-order chi connectivity index (χ0) is 14.7. The number of aromatic nitrogens is 2. The standard InChI is InChI=1S/C15H10N2O4/c18-14(20-12-9-5-2-6-10-12)17-15(19)21-13(16-17)11-7-3-1-4-8-11/h1-10H. The first-order valence-electron chi connectivity index (χ1n) is 6.17. The van der Waals surface area contributed by atoms with Gasteiger partial charge in [0, 0.05) is 5.56 Å². The fourth-order valence-electron chi connectivity index (χ4n) is 1.72. The molecule has 104 valence electrons. The first kappa shape index (κ1) is 12.9. The number of ether oxygens (including phenoxy) is 1. The van der Waals surface area contributed by atoms with E-state index in [-0.39, 0.29) is 5.89 Å². The predicted molar refractivity (Wildman–Crippen MR) is 74.1 cm³/mol. The lowest BCUT2D eigenvalue weighted by atomic mass is 10.2. The molecule has 0 spiro atoms. The fraction of sp³-hybridized carbons (Fsp3) is 0. The summed E-state index contributed by atoms with van der Waals surface area (Å²) in [6.45, 7) is 0. The van der Waals surface area contributed by atoms with Gasteiger partial charge in [0.15, 0.2) is 0 Å². The van der Waals surface area contributed by atoms with E-state index >= 15 is 0 Å². The lowest BCUT2D eigenvalue weighted by molar-refractivity contribution is 0.196. The summed E-state index contributed by atoms with van der Waals surface area (Å²) in [5.74, 6) is -0.515. The number of carbonyl (C=O) groups excluding carboxylic acids is 1. The van der Waals surface area contributed by atoms with Gasteiger partial charge in [-0.1, -0.05) is 41.1 Å². The lowest BCUT2D eigenvalue weighted by Crippen LogP contribution is -2.27. The van der Waals surface area contributed by atoms with Crippen LogP contribution in [0.5, 0.6) is 5.75 Å². The number of rotatable bonds is 2. The van der Waals surface area contributed by atoms with Crippen LogP contribution in [0.4, 0.5) is 4.79 Å². The lowest BCUT2D eigenvalue weighted by Gasteiger charge is -2.00. The van der Waals surface area contributed by atoms with Crippen LogP contribution in [-0.4, -0.2) is 15.9 Å². The third kappa shape index (κ3) is 2.74. The van der Waals surface area contributed by atoms with Crippen molar-refractivity contribution >= 4 is 6.09 Å². The molecule has 0 unspecified atom stereocenters. The van der Waals surface area contributed by atoms with Gasteiger partial charge in [-0.15, -0.1) is 5.10 Å². The predicted octanol–water partition coefficient (Wildman–Crippen LogP) is 2.55. The summed E-state index contributed by atoms with van der Waals surface area (Å²) in [6.07, 6.45) is -0.919. The van der Waals surface area contributed by atoms with Crippen LogP contribution in [0.3, 0.4) is 0 Å². The van der Waals surface area contributed by atoms with Crippen LogP contribution >= 0.6 is 0 Å². The summed E-state index contributed by atoms with van der Waals surface area (Å²) >= 11 is 0. The molecular weight excluding hydrogens is 272 g/mol. The molecule has 0 amide bonds. The average molecular weight is 282 g/mol. The minimum atomic E-state index is -0.919. The minimum absolute atomic E-state index is 0.0608. The van der Waals surface area contributed by atoms with Gasteiger partial charge in [0.05, 0.1) is 0 Å². The third-order valence-electron chi connectivity index (χ3n) is 2.69. The summed E-state index contributed by atoms with van der Waals surface area (Å²) in [5, 5.41) is 3.84. The van der Waals surface area contributed by atoms with Crippen LogP contribution in [0.15, 0.2) is 69.9 Å². The summed E-state index contributed by atoms with van der Waals surface area (Å²) in [7, 11) is 0. The molecule has 0 radical (unpaired) electrons. The van der Waals surface area contributed by atoms with E-state index in [0.29, 0.717) is 16.0 Å². The van der Waals surface area contributed by atoms with Gasteiger partial charge in [-0.3, -0.25) is 0 Å². The van der Waals surface area contributed by atoms with Crippen molar-refractivity contribution in [3.63, 3.8) is 0 Å². The minimum Gasteiger partial charge on any atom is -0.409 e. The maximum absolute atomic E-state index is 11.9. The van der Waals surface area contributed by atoms with E-state index in [1.54, 1.807) is 54.6 Å². The highest BCUT2D eigenvalue weighted by atomic mass is 16.6. The number of carbonyl (C=O) groups is 1. The quantitative estimate of drug-likeness (QED) is 0.722. The van der Waals surface area contributed by atoms with Gasteiger partial charge < -0.3 is 9.15 Å². The van der Waals surface area contributed by atoms with E-state index in [0.717, 1.165) is 0 Å². The molecule has 1 aromatic heterocycles. The van der Waals surface area contributed by atoms with Crippen LogP contribution in [-0.2, 0) is 0 Å². The Balaban J connectivity index is 1.88. The summed E-state index contributed by atoms with van der Waals surface area (Å²) < 4.78 is 10.5. The smallest absolute Gasteiger partial charge is 0.409 e. The first-order valence-corrected chi connectivity index (χ1v) is 6.17. The zero-order valence-electron chi connectivity index (χ0n) is 10.8. The molecule has 0 atom stereocenters. The van der Waals surface area contributed by atoms with Crippen LogP contribution < -0.4 is 10.5 Å². The zero-order valence-corrected chi connectivity index (χ0v) is 10.8. The highest BCUT2D eigenvalue weighted by molar-refractivity contribution is 5.72. The molecule has 2 aromatic carbocycles. The van der Waals surface area contributed by atoms with E-state index in [1.165, 1.54) is 0 Å². The Kier molecular flexibility index (Phi) is 3.34. The Morgan fingerprint density at radius 2 is 1.62 bits per heavy atom. The third-order valence-corrected chi connectivity index (χ3v) is 2.69. The van der Waals surface area contributed by atoms with Gasteiger partial charge in [0.25, 0.3) is 0 Å². The second-order valence-electron chi connectivity index (χ2n) is 4.13. The Morgan fingerprint density at radius 3 is 2.29 bits per heavy atom. The molecule has 21 heavy (non-hydrogen) atoms. The van der Waals surface area contributed by atoms with Crippen LogP contribution in [0.1, 0.15) is 0 Å². The number of para-hydroxylation sites is 1. The van der Waals surface area contributed by atoms with Crippen molar-refractivity contribution in [2.45, 2.75) is 0 Å². The van der Waals surface area contributed by atoms with Gasteiger partial charge in [0.1, 0.15) is 5.75 Å². The molecular formula is C15H10N2O4.